The highest BCUT2D eigenvalue weighted by Gasteiger charge is 2.21. The van der Waals surface area contributed by atoms with E-state index in [4.69, 9.17) is 4.74 Å². The zero-order valence-corrected chi connectivity index (χ0v) is 20.0. The number of carbonyl (C=O) groups excluding carboxylic acids is 2. The smallest absolute Gasteiger partial charge is 0.236 e. The van der Waals surface area contributed by atoms with Gasteiger partial charge in [0.1, 0.15) is 5.75 Å². The number of aromatic nitrogens is 1. The minimum Gasteiger partial charge on any atom is -0.497 e. The second-order valence-electron chi connectivity index (χ2n) is 7.51. The number of methoxy groups -OCH3 is 1. The minimum atomic E-state index is -0.155. The molecule has 0 saturated carbocycles. The SMILES string of the molecule is COc1ccc(-c2csc(NC(=O)CSCC(=O)N3CCN(c4ccccc4)CC3)n2)cc1. The molecule has 7 nitrogen and oxygen atoms in total. The fourth-order valence-electron chi connectivity index (χ4n) is 3.56. The molecule has 0 bridgehead atoms. The Balaban J connectivity index is 1.18. The molecule has 1 saturated heterocycles. The lowest BCUT2D eigenvalue weighted by molar-refractivity contribution is -0.128. The summed E-state index contributed by atoms with van der Waals surface area (Å²) in [5.74, 6) is 1.22. The molecular weight excluding hydrogens is 456 g/mol. The molecule has 1 aliphatic rings. The summed E-state index contributed by atoms with van der Waals surface area (Å²) in [7, 11) is 1.63. The Hall–Kier alpha value is -3.04. The highest BCUT2D eigenvalue weighted by molar-refractivity contribution is 8.00. The zero-order valence-electron chi connectivity index (χ0n) is 18.4. The van der Waals surface area contributed by atoms with Gasteiger partial charge in [0.05, 0.1) is 24.3 Å². The number of nitrogens with zero attached hydrogens (tertiary/aromatic N) is 3. The highest BCUT2D eigenvalue weighted by Crippen LogP contribution is 2.26. The number of para-hydroxylation sites is 1. The standard InChI is InChI=1S/C24H26N4O3S2/c1-31-20-9-7-18(8-10-20)21-15-33-24(25-21)26-22(29)16-32-17-23(30)28-13-11-27(12-14-28)19-5-3-2-4-6-19/h2-10,15H,11-14,16-17H2,1H3,(H,25,26,29). The van der Waals surface area contributed by atoms with E-state index in [9.17, 15) is 9.59 Å². The zero-order chi connectivity index (χ0) is 23.0. The van der Waals surface area contributed by atoms with Crippen molar-refractivity contribution in [3.8, 4) is 17.0 Å². The van der Waals surface area contributed by atoms with E-state index in [0.29, 0.717) is 24.0 Å². The van der Waals surface area contributed by atoms with Gasteiger partial charge in [-0.05, 0) is 36.4 Å². The molecule has 0 spiro atoms. The van der Waals surface area contributed by atoms with Crippen molar-refractivity contribution in [2.24, 2.45) is 0 Å². The third-order valence-corrected chi connectivity index (χ3v) is 7.02. The summed E-state index contributed by atoms with van der Waals surface area (Å²) >= 11 is 2.71. The molecule has 3 aromatic rings. The Bertz CT molecular complexity index is 1060. The third kappa shape index (κ3) is 6.27. The Morgan fingerprint density at radius 1 is 1.03 bits per heavy atom. The predicted molar refractivity (Wildman–Crippen MR) is 135 cm³/mol. The number of rotatable bonds is 8. The summed E-state index contributed by atoms with van der Waals surface area (Å²) in [6, 6.07) is 17.9. The van der Waals surface area contributed by atoms with Gasteiger partial charge in [0.25, 0.3) is 0 Å². The first kappa shape index (κ1) is 23.1. The third-order valence-electron chi connectivity index (χ3n) is 5.35. The number of hydrogen-bond donors (Lipinski definition) is 1. The molecule has 2 heterocycles. The normalized spacial score (nSPS) is 13.6. The molecule has 172 valence electrons. The Morgan fingerprint density at radius 2 is 1.76 bits per heavy atom. The summed E-state index contributed by atoms with van der Waals surface area (Å²) in [6.45, 7) is 3.05. The summed E-state index contributed by atoms with van der Waals surface area (Å²) in [6.07, 6.45) is 0. The fourth-order valence-corrected chi connectivity index (χ4v) is 5.01. The predicted octanol–water partition coefficient (Wildman–Crippen LogP) is 3.84. The van der Waals surface area contributed by atoms with Crippen LogP contribution in [0.4, 0.5) is 10.8 Å². The molecule has 2 amide bonds. The van der Waals surface area contributed by atoms with E-state index in [1.54, 1.807) is 7.11 Å². The molecule has 4 rings (SSSR count). The van der Waals surface area contributed by atoms with Crippen molar-refractivity contribution in [1.29, 1.82) is 0 Å². The Labute approximate surface area is 201 Å². The number of carbonyl (C=O) groups is 2. The van der Waals surface area contributed by atoms with E-state index in [2.05, 4.69) is 27.3 Å². The lowest BCUT2D eigenvalue weighted by Gasteiger charge is -2.36. The van der Waals surface area contributed by atoms with Crippen LogP contribution in [-0.2, 0) is 9.59 Å². The van der Waals surface area contributed by atoms with Gasteiger partial charge in [0.2, 0.25) is 11.8 Å². The number of amides is 2. The van der Waals surface area contributed by atoms with Gasteiger partial charge in [-0.3, -0.25) is 9.59 Å². The second-order valence-corrected chi connectivity index (χ2v) is 9.35. The lowest BCUT2D eigenvalue weighted by atomic mass is 10.2. The summed E-state index contributed by atoms with van der Waals surface area (Å²) in [4.78, 5) is 33.5. The van der Waals surface area contributed by atoms with Crippen molar-refractivity contribution in [2.45, 2.75) is 0 Å². The van der Waals surface area contributed by atoms with E-state index >= 15 is 0 Å². The number of nitrogens with one attached hydrogen (secondary N) is 1. The average Bonchev–Trinajstić information content (AvgIpc) is 3.33. The van der Waals surface area contributed by atoms with E-state index in [1.807, 2.05) is 52.7 Å². The van der Waals surface area contributed by atoms with E-state index in [-0.39, 0.29) is 17.6 Å². The van der Waals surface area contributed by atoms with Gasteiger partial charge in [-0.2, -0.15) is 0 Å². The van der Waals surface area contributed by atoms with Crippen molar-refractivity contribution in [3.05, 3.63) is 60.0 Å². The van der Waals surface area contributed by atoms with Crippen molar-refractivity contribution in [2.75, 3.05) is 55.0 Å². The van der Waals surface area contributed by atoms with Gasteiger partial charge < -0.3 is 19.9 Å². The fraction of sp³-hybridized carbons (Fsp3) is 0.292. The number of anilines is 2. The first-order valence-corrected chi connectivity index (χ1v) is 12.7. The molecule has 0 aliphatic carbocycles. The van der Waals surface area contributed by atoms with Gasteiger partial charge in [0, 0.05) is 42.8 Å². The van der Waals surface area contributed by atoms with Crippen LogP contribution in [0.25, 0.3) is 11.3 Å². The van der Waals surface area contributed by atoms with Crippen LogP contribution in [0, 0.1) is 0 Å². The number of piperazine rings is 1. The molecule has 0 radical (unpaired) electrons. The Kier molecular flexibility index (Phi) is 7.85. The minimum absolute atomic E-state index is 0.0801. The van der Waals surface area contributed by atoms with Crippen LogP contribution in [0.2, 0.25) is 0 Å². The quantitative estimate of drug-likeness (QED) is 0.526. The van der Waals surface area contributed by atoms with Crippen molar-refractivity contribution in [1.82, 2.24) is 9.88 Å². The number of hydrogen-bond acceptors (Lipinski definition) is 7. The topological polar surface area (TPSA) is 74.8 Å². The summed E-state index contributed by atoms with van der Waals surface area (Å²) in [5, 5.41) is 5.28. The van der Waals surface area contributed by atoms with Crippen molar-refractivity contribution >= 4 is 45.7 Å². The number of thiazole rings is 1. The molecule has 1 N–H and O–H groups in total. The first-order valence-electron chi connectivity index (χ1n) is 10.7. The molecule has 33 heavy (non-hydrogen) atoms. The van der Waals surface area contributed by atoms with Crippen LogP contribution in [0.5, 0.6) is 5.75 Å². The average molecular weight is 483 g/mol. The van der Waals surface area contributed by atoms with Crippen LogP contribution in [0.3, 0.4) is 0 Å². The lowest BCUT2D eigenvalue weighted by Crippen LogP contribution is -2.49. The van der Waals surface area contributed by atoms with Gasteiger partial charge in [0.15, 0.2) is 5.13 Å². The van der Waals surface area contributed by atoms with E-state index < -0.39 is 0 Å². The van der Waals surface area contributed by atoms with Gasteiger partial charge in [-0.25, -0.2) is 4.98 Å². The van der Waals surface area contributed by atoms with Crippen molar-refractivity contribution in [3.63, 3.8) is 0 Å². The number of benzene rings is 2. The highest BCUT2D eigenvalue weighted by atomic mass is 32.2. The second kappa shape index (κ2) is 11.2. The first-order chi connectivity index (χ1) is 16.1. The number of thioether (sulfide) groups is 1. The van der Waals surface area contributed by atoms with Gasteiger partial charge in [-0.1, -0.05) is 18.2 Å². The molecule has 1 fully saturated rings. The molecule has 0 atom stereocenters. The maximum Gasteiger partial charge on any atom is 0.236 e. The summed E-state index contributed by atoms with van der Waals surface area (Å²) < 4.78 is 5.17. The van der Waals surface area contributed by atoms with E-state index in [0.717, 1.165) is 30.1 Å². The van der Waals surface area contributed by atoms with Crippen LogP contribution < -0.4 is 15.0 Å². The number of ether oxygens (including phenoxy) is 1. The maximum atomic E-state index is 12.5. The van der Waals surface area contributed by atoms with Crippen LogP contribution in [-0.4, -0.2) is 66.5 Å². The molecule has 9 heteroatoms. The van der Waals surface area contributed by atoms with Gasteiger partial charge >= 0.3 is 0 Å². The molecule has 2 aromatic carbocycles. The Morgan fingerprint density at radius 3 is 2.45 bits per heavy atom. The van der Waals surface area contributed by atoms with Crippen molar-refractivity contribution < 1.29 is 14.3 Å². The molecule has 1 aromatic heterocycles. The monoisotopic (exact) mass is 482 g/mol. The largest absolute Gasteiger partial charge is 0.497 e. The van der Waals surface area contributed by atoms with E-state index in [1.165, 1.54) is 28.8 Å². The van der Waals surface area contributed by atoms with Crippen LogP contribution >= 0.6 is 23.1 Å². The van der Waals surface area contributed by atoms with Crippen LogP contribution in [0.15, 0.2) is 60.0 Å². The van der Waals surface area contributed by atoms with Gasteiger partial charge in [-0.15, -0.1) is 23.1 Å². The molecular formula is C24H26N4O3S2. The summed E-state index contributed by atoms with van der Waals surface area (Å²) in [5.41, 5.74) is 2.95. The maximum absolute atomic E-state index is 12.5. The van der Waals surface area contributed by atoms with Crippen LogP contribution in [0.1, 0.15) is 0 Å². The molecule has 1 aliphatic heterocycles. The molecule has 0 unspecified atom stereocenters.